The Kier molecular flexibility index (Phi) is 5.55. The number of fused-ring (bicyclic) bond motifs is 2. The molecule has 0 bridgehead atoms. The summed E-state index contributed by atoms with van der Waals surface area (Å²) in [6, 6.07) is 9.81. The van der Waals surface area contributed by atoms with E-state index in [9.17, 15) is 9.59 Å². The number of aromatic amines is 2. The number of nitrogens with one attached hydrogen (secondary N) is 3. The van der Waals surface area contributed by atoms with Gasteiger partial charge in [-0.3, -0.25) is 24.7 Å². The third-order valence-corrected chi connectivity index (χ3v) is 8.47. The highest BCUT2D eigenvalue weighted by Gasteiger charge is 2.25. The van der Waals surface area contributed by atoms with E-state index in [0.717, 1.165) is 73.4 Å². The van der Waals surface area contributed by atoms with E-state index in [1.54, 1.807) is 31.7 Å². The lowest BCUT2D eigenvalue weighted by Crippen LogP contribution is -2.28. The van der Waals surface area contributed by atoms with Crippen molar-refractivity contribution >= 4 is 50.7 Å². The first-order chi connectivity index (χ1) is 19.0. The van der Waals surface area contributed by atoms with Gasteiger partial charge in [0.25, 0.3) is 0 Å². The molecule has 6 heterocycles. The number of carbonyl (C=O) groups is 2. The van der Waals surface area contributed by atoms with Gasteiger partial charge in [0.1, 0.15) is 5.69 Å². The Bertz CT molecular complexity index is 1900. The molecule has 39 heavy (non-hydrogen) atoms. The van der Waals surface area contributed by atoms with Crippen molar-refractivity contribution in [3.8, 4) is 33.0 Å². The molecule has 6 aromatic heterocycles. The monoisotopic (exact) mass is 533 g/mol. The van der Waals surface area contributed by atoms with Crippen LogP contribution in [0.3, 0.4) is 0 Å². The molecule has 7 rings (SSSR count). The molecule has 1 saturated carbocycles. The minimum absolute atomic E-state index is 0.0499. The van der Waals surface area contributed by atoms with Crippen LogP contribution < -0.4 is 5.32 Å². The van der Waals surface area contributed by atoms with Crippen LogP contribution in [-0.2, 0) is 4.79 Å². The Labute approximate surface area is 226 Å². The van der Waals surface area contributed by atoms with Crippen molar-refractivity contribution in [3.63, 3.8) is 0 Å². The Hall–Kier alpha value is -4.70. The summed E-state index contributed by atoms with van der Waals surface area (Å²) in [7, 11) is 0. The number of pyridine rings is 3. The lowest BCUT2D eigenvalue weighted by molar-refractivity contribution is -0.122. The maximum absolute atomic E-state index is 12.4. The number of hydrogen-bond donors (Lipinski definition) is 3. The van der Waals surface area contributed by atoms with Crippen LogP contribution in [0.4, 0.5) is 5.69 Å². The second-order valence-electron chi connectivity index (χ2n) is 9.82. The highest BCUT2D eigenvalue weighted by molar-refractivity contribution is 7.17. The molecule has 3 N–H and O–H groups in total. The second-order valence-corrected chi connectivity index (χ2v) is 10.9. The lowest BCUT2D eigenvalue weighted by Gasteiger charge is -2.24. The average Bonchev–Trinajstić information content (AvgIpc) is 3.65. The topological polar surface area (TPSA) is 129 Å². The molecule has 0 atom stereocenters. The van der Waals surface area contributed by atoms with E-state index in [0.29, 0.717) is 11.3 Å². The van der Waals surface area contributed by atoms with Gasteiger partial charge in [0.05, 0.1) is 34.2 Å². The van der Waals surface area contributed by atoms with Crippen molar-refractivity contribution in [3.05, 3.63) is 66.2 Å². The van der Waals surface area contributed by atoms with Gasteiger partial charge in [-0.15, -0.1) is 11.3 Å². The number of hydrogen-bond acceptors (Lipinski definition) is 7. The largest absolute Gasteiger partial charge is 0.352 e. The Morgan fingerprint density at radius 3 is 2.62 bits per heavy atom. The van der Waals surface area contributed by atoms with Gasteiger partial charge in [-0.2, -0.15) is 5.10 Å². The first-order valence-corrected chi connectivity index (χ1v) is 13.5. The van der Waals surface area contributed by atoms with Crippen LogP contribution >= 0.6 is 11.3 Å². The summed E-state index contributed by atoms with van der Waals surface area (Å²) in [5.74, 6) is 0.204. The van der Waals surface area contributed by atoms with Crippen LogP contribution in [0.25, 0.3) is 54.9 Å². The van der Waals surface area contributed by atoms with E-state index in [4.69, 9.17) is 0 Å². The number of nitrogens with zero attached hydrogens (tertiary/aromatic N) is 4. The number of anilines is 1. The average molecular weight is 534 g/mol. The number of thiophene rings is 1. The third-order valence-electron chi connectivity index (χ3n) is 7.25. The van der Waals surface area contributed by atoms with Crippen LogP contribution in [0.15, 0.2) is 61.3 Å². The van der Waals surface area contributed by atoms with Crippen LogP contribution in [0.2, 0.25) is 0 Å². The summed E-state index contributed by atoms with van der Waals surface area (Å²) in [4.78, 5) is 42.7. The molecule has 0 unspecified atom stereocenters. The molecular formula is C29H23N7O2S. The molecule has 0 aromatic carbocycles. The molecule has 1 aliphatic rings. The summed E-state index contributed by atoms with van der Waals surface area (Å²) >= 11 is 1.46. The van der Waals surface area contributed by atoms with Gasteiger partial charge in [0.15, 0.2) is 11.4 Å². The quantitative estimate of drug-likeness (QED) is 0.218. The highest BCUT2D eigenvalue weighted by atomic mass is 32.1. The van der Waals surface area contributed by atoms with Gasteiger partial charge in [-0.1, -0.05) is 6.42 Å². The molecule has 9 nitrogen and oxygen atoms in total. The van der Waals surface area contributed by atoms with E-state index >= 15 is 0 Å². The van der Waals surface area contributed by atoms with Crippen molar-refractivity contribution in [1.29, 1.82) is 0 Å². The Morgan fingerprint density at radius 1 is 0.974 bits per heavy atom. The first-order valence-electron chi connectivity index (χ1n) is 12.7. The molecule has 10 heteroatoms. The molecule has 0 aliphatic heterocycles. The number of ketones is 1. The fourth-order valence-electron chi connectivity index (χ4n) is 4.89. The number of carbonyl (C=O) groups excluding carboxylic acids is 2. The van der Waals surface area contributed by atoms with E-state index in [-0.39, 0.29) is 17.6 Å². The zero-order valence-corrected chi connectivity index (χ0v) is 21.8. The summed E-state index contributed by atoms with van der Waals surface area (Å²) in [5, 5.41) is 12.4. The van der Waals surface area contributed by atoms with Crippen molar-refractivity contribution in [2.45, 2.75) is 26.2 Å². The molecule has 192 valence electrons. The third kappa shape index (κ3) is 4.18. The molecule has 0 saturated heterocycles. The summed E-state index contributed by atoms with van der Waals surface area (Å²) in [5.41, 5.74) is 6.45. The number of H-pyrrole nitrogens is 2. The second kappa shape index (κ2) is 9.25. The van der Waals surface area contributed by atoms with Crippen LogP contribution in [0, 0.1) is 5.92 Å². The smallest absolute Gasteiger partial charge is 0.227 e. The highest BCUT2D eigenvalue weighted by Crippen LogP contribution is 2.37. The maximum Gasteiger partial charge on any atom is 0.227 e. The van der Waals surface area contributed by atoms with Crippen LogP contribution in [0.1, 0.15) is 35.9 Å². The van der Waals surface area contributed by atoms with Gasteiger partial charge in [-0.05, 0) is 50.1 Å². The Balaban J connectivity index is 1.25. The number of rotatable bonds is 6. The predicted octanol–water partition coefficient (Wildman–Crippen LogP) is 6.23. The Morgan fingerprint density at radius 2 is 1.82 bits per heavy atom. The zero-order valence-electron chi connectivity index (χ0n) is 21.0. The van der Waals surface area contributed by atoms with E-state index < -0.39 is 0 Å². The molecule has 1 aliphatic carbocycles. The van der Waals surface area contributed by atoms with E-state index in [2.05, 4.69) is 41.5 Å². The minimum atomic E-state index is 0.0499. The maximum atomic E-state index is 12.4. The van der Waals surface area contributed by atoms with Gasteiger partial charge in [0.2, 0.25) is 5.91 Å². The van der Waals surface area contributed by atoms with Gasteiger partial charge >= 0.3 is 0 Å². The normalized spacial score (nSPS) is 13.6. The van der Waals surface area contributed by atoms with E-state index in [1.165, 1.54) is 11.3 Å². The standard InChI is InChI=1S/C29H23N7O2S/c1-15(37)25-5-6-26(39-25)22-13-31-14-24-20(22)9-23(34-24)27-21-8-18(11-32-28(21)36-35-27)17-7-19(12-30-10-17)33-29(38)16-3-2-4-16/h5-14,16,34H,2-4H2,1H3,(H,33,38)(H,32,35,36). The molecule has 1 fully saturated rings. The molecule has 0 radical (unpaired) electrons. The number of aromatic nitrogens is 6. The molecular weight excluding hydrogens is 510 g/mol. The minimum Gasteiger partial charge on any atom is -0.352 e. The number of amides is 1. The fourth-order valence-corrected chi connectivity index (χ4v) is 5.82. The number of Topliss-reactive ketones (excluding diaryl/α,β-unsaturated/α-hetero) is 1. The molecule has 0 spiro atoms. The fraction of sp³-hybridized carbons (Fsp3) is 0.172. The van der Waals surface area contributed by atoms with Gasteiger partial charge in [-0.25, -0.2) is 4.98 Å². The SMILES string of the molecule is CC(=O)c1ccc(-c2cncc3[nH]c(-c4n[nH]c5ncc(-c6cncc(NC(=O)C7CCC7)c6)cc45)cc23)s1. The first kappa shape index (κ1) is 23.4. The van der Waals surface area contributed by atoms with Crippen molar-refractivity contribution in [2.24, 2.45) is 5.92 Å². The van der Waals surface area contributed by atoms with Crippen LogP contribution in [0.5, 0.6) is 0 Å². The van der Waals surface area contributed by atoms with Crippen molar-refractivity contribution in [2.75, 3.05) is 5.32 Å². The van der Waals surface area contributed by atoms with Crippen molar-refractivity contribution < 1.29 is 9.59 Å². The summed E-state index contributed by atoms with van der Waals surface area (Å²) in [6.07, 6.45) is 11.8. The van der Waals surface area contributed by atoms with Crippen LogP contribution in [-0.4, -0.2) is 41.8 Å². The lowest BCUT2D eigenvalue weighted by atomic mass is 9.85. The summed E-state index contributed by atoms with van der Waals surface area (Å²) < 4.78 is 0. The molecule has 6 aromatic rings. The summed E-state index contributed by atoms with van der Waals surface area (Å²) in [6.45, 7) is 1.57. The van der Waals surface area contributed by atoms with E-state index in [1.807, 2.05) is 30.5 Å². The van der Waals surface area contributed by atoms with Crippen molar-refractivity contribution in [1.82, 2.24) is 30.1 Å². The predicted molar refractivity (Wildman–Crippen MR) is 151 cm³/mol. The zero-order chi connectivity index (χ0) is 26.5. The van der Waals surface area contributed by atoms with Gasteiger partial charge < -0.3 is 10.3 Å². The molecule has 1 amide bonds. The van der Waals surface area contributed by atoms with Gasteiger partial charge in [0, 0.05) is 56.8 Å².